The highest BCUT2D eigenvalue weighted by Crippen LogP contribution is 2.20. The molecule has 2 aromatic carbocycles. The Balaban J connectivity index is 1.72. The highest BCUT2D eigenvalue weighted by atomic mass is 16.3. The Labute approximate surface area is 140 Å². The fourth-order valence-corrected chi connectivity index (χ4v) is 2.55. The summed E-state index contributed by atoms with van der Waals surface area (Å²) in [6, 6.07) is 18.7. The van der Waals surface area contributed by atoms with Crippen LogP contribution in [-0.2, 0) is 4.79 Å². The van der Waals surface area contributed by atoms with Crippen molar-refractivity contribution in [1.29, 1.82) is 0 Å². The predicted molar refractivity (Wildman–Crippen MR) is 92.9 cm³/mol. The molecule has 1 atom stereocenters. The molecule has 1 amide bonds. The number of aromatic nitrogens is 2. The predicted octanol–water partition coefficient (Wildman–Crippen LogP) is 3.24. The fourth-order valence-electron chi connectivity index (χ4n) is 2.55. The maximum Gasteiger partial charge on any atom is 0.228 e. The Morgan fingerprint density at radius 2 is 1.83 bits per heavy atom. The second-order valence-electron chi connectivity index (χ2n) is 5.59. The number of nitrogens with zero attached hydrogens (tertiary/aromatic N) is 2. The maximum absolute atomic E-state index is 12.3. The van der Waals surface area contributed by atoms with Crippen molar-refractivity contribution in [3.63, 3.8) is 0 Å². The second-order valence-corrected chi connectivity index (χ2v) is 5.59. The minimum Gasteiger partial charge on any atom is -0.388 e. The van der Waals surface area contributed by atoms with E-state index in [4.69, 9.17) is 0 Å². The molecule has 0 spiro atoms. The fraction of sp³-hybridized carbons (Fsp3) is 0.158. The lowest BCUT2D eigenvalue weighted by atomic mass is 10.1. The number of aliphatic hydroxyl groups is 1. The molecule has 1 aromatic heterocycles. The molecular weight excluding hydrogens is 302 g/mol. The molecule has 122 valence electrons. The third-order valence-electron chi connectivity index (χ3n) is 3.82. The summed E-state index contributed by atoms with van der Waals surface area (Å²) in [4.78, 5) is 12.3. The molecule has 1 unspecified atom stereocenters. The summed E-state index contributed by atoms with van der Waals surface area (Å²) in [7, 11) is 0. The van der Waals surface area contributed by atoms with Gasteiger partial charge in [-0.3, -0.25) is 4.79 Å². The number of nitrogens with one attached hydrogen (secondary N) is 1. The standard InChI is InChI=1S/C19H19N3O2/c1-14-7-5-6-10-16(14)22-18(11-12-20-22)21-19(24)13-17(23)15-8-3-2-4-9-15/h2-12,17,23H,13H2,1H3,(H,21,24). The monoisotopic (exact) mass is 321 g/mol. The molecule has 0 bridgehead atoms. The zero-order valence-corrected chi connectivity index (χ0v) is 13.4. The van der Waals surface area contributed by atoms with Gasteiger partial charge in [0.1, 0.15) is 5.82 Å². The van der Waals surface area contributed by atoms with Gasteiger partial charge in [0.15, 0.2) is 0 Å². The number of anilines is 1. The molecular formula is C19H19N3O2. The molecule has 0 radical (unpaired) electrons. The SMILES string of the molecule is Cc1ccccc1-n1nccc1NC(=O)CC(O)c1ccccc1. The summed E-state index contributed by atoms with van der Waals surface area (Å²) in [5.74, 6) is 0.316. The molecule has 3 rings (SSSR count). The van der Waals surface area contributed by atoms with Crippen LogP contribution in [0.1, 0.15) is 23.7 Å². The van der Waals surface area contributed by atoms with Crippen LogP contribution in [0.2, 0.25) is 0 Å². The first-order valence-corrected chi connectivity index (χ1v) is 7.78. The van der Waals surface area contributed by atoms with Gasteiger partial charge >= 0.3 is 0 Å². The van der Waals surface area contributed by atoms with Crippen LogP contribution in [0.5, 0.6) is 0 Å². The topological polar surface area (TPSA) is 67.2 Å². The molecule has 24 heavy (non-hydrogen) atoms. The maximum atomic E-state index is 12.3. The van der Waals surface area contributed by atoms with Gasteiger partial charge in [-0.1, -0.05) is 48.5 Å². The van der Waals surface area contributed by atoms with E-state index in [0.717, 1.165) is 16.8 Å². The van der Waals surface area contributed by atoms with E-state index in [1.165, 1.54) is 0 Å². The Hall–Kier alpha value is -2.92. The molecule has 5 heteroatoms. The number of aryl methyl sites for hydroxylation is 1. The van der Waals surface area contributed by atoms with Gasteiger partial charge < -0.3 is 10.4 Å². The van der Waals surface area contributed by atoms with E-state index in [0.29, 0.717) is 5.82 Å². The normalized spacial score (nSPS) is 11.9. The number of aliphatic hydroxyl groups excluding tert-OH is 1. The van der Waals surface area contributed by atoms with Crippen LogP contribution in [-0.4, -0.2) is 20.8 Å². The van der Waals surface area contributed by atoms with Crippen molar-refractivity contribution < 1.29 is 9.90 Å². The Bertz CT molecular complexity index is 827. The number of rotatable bonds is 5. The highest BCUT2D eigenvalue weighted by Gasteiger charge is 2.15. The molecule has 0 saturated carbocycles. The average Bonchev–Trinajstić information content (AvgIpc) is 3.03. The van der Waals surface area contributed by atoms with Crippen molar-refractivity contribution in [3.05, 3.63) is 78.0 Å². The zero-order valence-electron chi connectivity index (χ0n) is 13.4. The lowest BCUT2D eigenvalue weighted by Gasteiger charge is -2.13. The van der Waals surface area contributed by atoms with Crippen LogP contribution < -0.4 is 5.32 Å². The number of amides is 1. The van der Waals surface area contributed by atoms with Gasteiger partial charge in [-0.2, -0.15) is 5.10 Å². The number of carbonyl (C=O) groups excluding carboxylic acids is 1. The lowest BCUT2D eigenvalue weighted by molar-refractivity contribution is -0.118. The number of hydrogen-bond donors (Lipinski definition) is 2. The van der Waals surface area contributed by atoms with Crippen molar-refractivity contribution in [2.75, 3.05) is 5.32 Å². The van der Waals surface area contributed by atoms with Crippen LogP contribution in [0.4, 0.5) is 5.82 Å². The van der Waals surface area contributed by atoms with Crippen molar-refractivity contribution >= 4 is 11.7 Å². The van der Waals surface area contributed by atoms with Gasteiger partial charge in [0.25, 0.3) is 0 Å². The molecule has 1 heterocycles. The first-order valence-electron chi connectivity index (χ1n) is 7.78. The minimum atomic E-state index is -0.832. The van der Waals surface area contributed by atoms with E-state index in [2.05, 4.69) is 10.4 Å². The average molecular weight is 321 g/mol. The third-order valence-corrected chi connectivity index (χ3v) is 3.82. The number of para-hydroxylation sites is 1. The van der Waals surface area contributed by atoms with E-state index < -0.39 is 6.10 Å². The molecule has 0 aliphatic carbocycles. The largest absolute Gasteiger partial charge is 0.388 e. The van der Waals surface area contributed by atoms with E-state index in [1.807, 2.05) is 49.4 Å². The Kier molecular flexibility index (Phi) is 4.72. The van der Waals surface area contributed by atoms with Crippen LogP contribution in [0.15, 0.2) is 66.9 Å². The first kappa shape index (κ1) is 16.0. The Morgan fingerprint density at radius 1 is 1.12 bits per heavy atom. The number of carbonyl (C=O) groups is 1. The lowest BCUT2D eigenvalue weighted by Crippen LogP contribution is -2.18. The minimum absolute atomic E-state index is 0.0109. The molecule has 0 fully saturated rings. The Morgan fingerprint density at radius 3 is 2.58 bits per heavy atom. The zero-order chi connectivity index (χ0) is 16.9. The summed E-state index contributed by atoms with van der Waals surface area (Å²) >= 11 is 0. The van der Waals surface area contributed by atoms with E-state index >= 15 is 0 Å². The van der Waals surface area contributed by atoms with Crippen molar-refractivity contribution in [2.24, 2.45) is 0 Å². The van der Waals surface area contributed by atoms with Crippen LogP contribution in [0, 0.1) is 6.92 Å². The van der Waals surface area contributed by atoms with Crippen LogP contribution in [0.25, 0.3) is 5.69 Å². The van der Waals surface area contributed by atoms with Crippen molar-refractivity contribution in [3.8, 4) is 5.69 Å². The van der Waals surface area contributed by atoms with Crippen molar-refractivity contribution in [1.82, 2.24) is 9.78 Å². The summed E-state index contributed by atoms with van der Waals surface area (Å²) in [5.41, 5.74) is 2.68. The third kappa shape index (κ3) is 3.52. The van der Waals surface area contributed by atoms with Gasteiger partial charge in [0.2, 0.25) is 5.91 Å². The first-order chi connectivity index (χ1) is 11.6. The quantitative estimate of drug-likeness (QED) is 0.758. The number of benzene rings is 2. The summed E-state index contributed by atoms with van der Waals surface area (Å²) in [6.45, 7) is 1.99. The number of hydrogen-bond acceptors (Lipinski definition) is 3. The molecule has 2 N–H and O–H groups in total. The van der Waals surface area contributed by atoms with E-state index in [1.54, 1.807) is 29.1 Å². The van der Waals surface area contributed by atoms with E-state index in [-0.39, 0.29) is 12.3 Å². The van der Waals surface area contributed by atoms with Gasteiger partial charge in [-0.05, 0) is 24.1 Å². The molecule has 0 saturated heterocycles. The summed E-state index contributed by atoms with van der Waals surface area (Å²) in [5, 5.41) is 17.3. The molecule has 3 aromatic rings. The molecule has 5 nitrogen and oxygen atoms in total. The second kappa shape index (κ2) is 7.10. The summed E-state index contributed by atoms with van der Waals surface area (Å²) in [6.07, 6.45) is 0.791. The van der Waals surface area contributed by atoms with Crippen molar-refractivity contribution in [2.45, 2.75) is 19.4 Å². The van der Waals surface area contributed by atoms with Gasteiger partial charge in [0.05, 0.1) is 24.4 Å². The van der Waals surface area contributed by atoms with E-state index in [9.17, 15) is 9.90 Å². The van der Waals surface area contributed by atoms with Gasteiger partial charge in [-0.15, -0.1) is 0 Å². The van der Waals surface area contributed by atoms with Crippen LogP contribution in [0.3, 0.4) is 0 Å². The molecule has 0 aliphatic rings. The highest BCUT2D eigenvalue weighted by molar-refractivity contribution is 5.90. The molecule has 0 aliphatic heterocycles. The van der Waals surface area contributed by atoms with Gasteiger partial charge in [0, 0.05) is 6.07 Å². The van der Waals surface area contributed by atoms with Gasteiger partial charge in [-0.25, -0.2) is 4.68 Å². The van der Waals surface area contributed by atoms with Crippen LogP contribution >= 0.6 is 0 Å². The summed E-state index contributed by atoms with van der Waals surface area (Å²) < 4.78 is 1.68. The smallest absolute Gasteiger partial charge is 0.228 e.